The number of hydrogen-bond acceptors (Lipinski definition) is 5. The first-order valence-corrected chi connectivity index (χ1v) is 5.04. The van der Waals surface area contributed by atoms with Crippen molar-refractivity contribution in [3.63, 3.8) is 0 Å². The molecule has 19 heavy (non-hydrogen) atoms. The number of nitrogens with one attached hydrogen (secondary N) is 1. The monoisotopic (exact) mass is 281 g/mol. The van der Waals surface area contributed by atoms with Crippen molar-refractivity contribution in [2.75, 3.05) is 0 Å². The molecule has 0 saturated heterocycles. The second-order valence-electron chi connectivity index (χ2n) is 3.21. The van der Waals surface area contributed by atoms with Crippen LogP contribution in [0.5, 0.6) is 0 Å². The van der Waals surface area contributed by atoms with Crippen LogP contribution in [-0.4, -0.2) is 18.4 Å². The van der Waals surface area contributed by atoms with Gasteiger partial charge in [-0.25, -0.2) is 5.43 Å². The van der Waals surface area contributed by atoms with Crippen molar-refractivity contribution in [1.82, 2.24) is 5.43 Å². The predicted octanol–water partition coefficient (Wildman–Crippen LogP) is 1.57. The Morgan fingerprint density at radius 3 is 2.32 bits per heavy atom. The van der Waals surface area contributed by atoms with Crippen molar-refractivity contribution in [1.29, 1.82) is 0 Å². The highest BCUT2D eigenvalue weighted by atomic mass is 35.5. The summed E-state index contributed by atoms with van der Waals surface area (Å²) in [6.45, 7) is 0. The first-order chi connectivity index (χ1) is 8.84. The van der Waals surface area contributed by atoms with E-state index in [1.54, 1.807) is 43.4 Å². The Labute approximate surface area is 115 Å². The van der Waals surface area contributed by atoms with Crippen molar-refractivity contribution in [2.45, 2.75) is 0 Å². The van der Waals surface area contributed by atoms with E-state index >= 15 is 0 Å². The molecule has 0 aliphatic heterocycles. The molecule has 2 aromatic heterocycles. The number of halogens is 1. The first kappa shape index (κ1) is 14.5. The van der Waals surface area contributed by atoms with E-state index in [1.807, 2.05) is 0 Å². The molecule has 0 unspecified atom stereocenters. The summed E-state index contributed by atoms with van der Waals surface area (Å²) >= 11 is 0. The average Bonchev–Trinajstić information content (AvgIpc) is 3.01. The van der Waals surface area contributed by atoms with E-state index in [0.29, 0.717) is 0 Å². The summed E-state index contributed by atoms with van der Waals surface area (Å²) in [4.78, 5) is 0. The zero-order valence-electron chi connectivity index (χ0n) is 9.76. The zero-order valence-corrected chi connectivity index (χ0v) is 10.6. The molecular formula is C11H12ClN5O2. The smallest absolute Gasteiger partial charge is 0.234 e. The molecule has 0 radical (unpaired) electrons. The lowest BCUT2D eigenvalue weighted by molar-refractivity contribution is 0.567. The molecule has 0 fully saturated rings. The average molecular weight is 282 g/mol. The fourth-order valence-electron chi connectivity index (χ4n) is 1.05. The molecule has 2 aromatic rings. The van der Waals surface area contributed by atoms with Crippen LogP contribution in [0.15, 0.2) is 61.3 Å². The molecule has 2 heterocycles. The Morgan fingerprint density at radius 2 is 1.74 bits per heavy atom. The highest BCUT2D eigenvalue weighted by molar-refractivity contribution is 5.85. The van der Waals surface area contributed by atoms with Gasteiger partial charge in [0.1, 0.15) is 0 Å². The highest BCUT2D eigenvalue weighted by Crippen LogP contribution is 1.95. The van der Waals surface area contributed by atoms with Crippen LogP contribution in [0.2, 0.25) is 0 Å². The molecule has 0 aliphatic rings. The van der Waals surface area contributed by atoms with Crippen LogP contribution in [0.25, 0.3) is 0 Å². The van der Waals surface area contributed by atoms with Gasteiger partial charge in [-0.05, 0) is 12.1 Å². The lowest BCUT2D eigenvalue weighted by Gasteiger charge is -1.94. The molecule has 0 aliphatic carbocycles. The minimum absolute atomic E-state index is 0. The maximum Gasteiger partial charge on any atom is 0.234 e. The van der Waals surface area contributed by atoms with E-state index in [2.05, 4.69) is 20.7 Å². The van der Waals surface area contributed by atoms with Crippen molar-refractivity contribution >= 4 is 30.8 Å². The Morgan fingerprint density at radius 1 is 1.11 bits per heavy atom. The number of rotatable bonds is 4. The second kappa shape index (κ2) is 7.72. The minimum Gasteiger partial charge on any atom is -0.472 e. The molecule has 0 spiro atoms. The third-order valence-electron chi connectivity index (χ3n) is 1.85. The second-order valence-corrected chi connectivity index (χ2v) is 3.21. The van der Waals surface area contributed by atoms with Gasteiger partial charge in [0.15, 0.2) is 0 Å². The Bertz CT molecular complexity index is 546. The van der Waals surface area contributed by atoms with E-state index < -0.39 is 0 Å². The van der Waals surface area contributed by atoms with Gasteiger partial charge in [0.2, 0.25) is 5.96 Å². The molecule has 8 heteroatoms. The number of furan rings is 2. The van der Waals surface area contributed by atoms with Gasteiger partial charge < -0.3 is 14.6 Å². The molecular weight excluding hydrogens is 270 g/mol. The number of nitrogens with zero attached hydrogens (tertiary/aromatic N) is 3. The van der Waals surface area contributed by atoms with E-state index in [1.165, 1.54) is 6.21 Å². The van der Waals surface area contributed by atoms with Crippen LogP contribution in [0.4, 0.5) is 0 Å². The van der Waals surface area contributed by atoms with Crippen molar-refractivity contribution < 1.29 is 8.83 Å². The lowest BCUT2D eigenvalue weighted by Crippen LogP contribution is -2.26. The largest absolute Gasteiger partial charge is 0.472 e. The van der Waals surface area contributed by atoms with Gasteiger partial charge in [-0.15, -0.1) is 17.5 Å². The molecule has 0 amide bonds. The minimum atomic E-state index is 0. The van der Waals surface area contributed by atoms with E-state index in [0.717, 1.165) is 11.1 Å². The van der Waals surface area contributed by atoms with Crippen LogP contribution >= 0.6 is 12.4 Å². The summed E-state index contributed by atoms with van der Waals surface area (Å²) in [5, 5.41) is 11.3. The Kier molecular flexibility index (Phi) is 5.90. The van der Waals surface area contributed by atoms with Gasteiger partial charge in [0.25, 0.3) is 0 Å². The molecule has 2 rings (SSSR count). The fraction of sp³-hybridized carbons (Fsp3) is 0. The standard InChI is InChI=1S/C11H11N5O2.ClH/c12-11(15-13-5-9-1-3-17-7-9)16-14-6-10-2-4-18-8-10;/h1-8H,(H3,12,15,16);1H. The first-order valence-electron chi connectivity index (χ1n) is 5.04. The van der Waals surface area contributed by atoms with Crippen LogP contribution in [0.3, 0.4) is 0 Å². The van der Waals surface area contributed by atoms with Gasteiger partial charge in [0.05, 0.1) is 37.5 Å². The number of guanidine groups is 1. The Hall–Kier alpha value is -2.54. The van der Waals surface area contributed by atoms with Crippen LogP contribution in [-0.2, 0) is 0 Å². The summed E-state index contributed by atoms with van der Waals surface area (Å²) in [5.41, 5.74) is 9.65. The van der Waals surface area contributed by atoms with E-state index in [-0.39, 0.29) is 18.4 Å². The predicted molar refractivity (Wildman–Crippen MR) is 74.6 cm³/mol. The highest BCUT2D eigenvalue weighted by Gasteiger charge is 1.89. The number of nitrogens with two attached hydrogens (primary N) is 1. The molecule has 7 nitrogen and oxygen atoms in total. The maximum atomic E-state index is 5.52. The van der Waals surface area contributed by atoms with Crippen LogP contribution in [0, 0.1) is 0 Å². The number of hydrazone groups is 1. The summed E-state index contributed by atoms with van der Waals surface area (Å²) < 4.78 is 9.72. The topological polar surface area (TPSA) is 101 Å². The van der Waals surface area contributed by atoms with E-state index in [9.17, 15) is 0 Å². The maximum absolute atomic E-state index is 5.52. The fourth-order valence-corrected chi connectivity index (χ4v) is 1.05. The summed E-state index contributed by atoms with van der Waals surface area (Å²) in [7, 11) is 0. The van der Waals surface area contributed by atoms with Gasteiger partial charge in [-0.2, -0.15) is 10.2 Å². The lowest BCUT2D eigenvalue weighted by atomic mass is 10.4. The third-order valence-corrected chi connectivity index (χ3v) is 1.85. The number of hydrogen-bond donors (Lipinski definition) is 2. The van der Waals surface area contributed by atoms with Crippen LogP contribution in [0.1, 0.15) is 11.1 Å². The van der Waals surface area contributed by atoms with Crippen molar-refractivity contribution in [3.05, 3.63) is 48.3 Å². The Balaban J connectivity index is 0.00000180. The molecule has 0 aromatic carbocycles. The molecule has 100 valence electrons. The van der Waals surface area contributed by atoms with Gasteiger partial charge in [0, 0.05) is 11.1 Å². The van der Waals surface area contributed by atoms with Crippen molar-refractivity contribution in [2.24, 2.45) is 21.0 Å². The zero-order chi connectivity index (χ0) is 12.6. The summed E-state index contributed by atoms with van der Waals surface area (Å²) in [5.74, 6) is 0.0782. The normalized spacial score (nSPS) is 11.9. The molecule has 3 N–H and O–H groups in total. The summed E-state index contributed by atoms with van der Waals surface area (Å²) in [6, 6.07) is 3.51. The molecule has 0 bridgehead atoms. The molecule has 0 saturated carbocycles. The van der Waals surface area contributed by atoms with Gasteiger partial charge in [-0.3, -0.25) is 0 Å². The van der Waals surface area contributed by atoms with Crippen LogP contribution < -0.4 is 11.2 Å². The third kappa shape index (κ3) is 5.09. The van der Waals surface area contributed by atoms with Gasteiger partial charge >= 0.3 is 0 Å². The quantitative estimate of drug-likeness (QED) is 0.504. The van der Waals surface area contributed by atoms with Gasteiger partial charge in [-0.1, -0.05) is 0 Å². The van der Waals surface area contributed by atoms with E-state index in [4.69, 9.17) is 14.6 Å². The summed E-state index contributed by atoms with van der Waals surface area (Å²) in [6.07, 6.45) is 9.24. The van der Waals surface area contributed by atoms with Crippen molar-refractivity contribution in [3.8, 4) is 0 Å². The molecule has 0 atom stereocenters. The SMILES string of the molecule is Cl.N/C(=N\N=Cc1ccoc1)NN=Cc1ccoc1.